The molecular weight excluding hydrogens is 649 g/mol. The van der Waals surface area contributed by atoms with Crippen molar-refractivity contribution in [1.82, 2.24) is 14.5 Å². The van der Waals surface area contributed by atoms with Gasteiger partial charge in [-0.05, 0) is 113 Å². The number of likely N-dealkylation sites (tertiary alicyclic amines) is 1. The van der Waals surface area contributed by atoms with E-state index in [2.05, 4.69) is 10.3 Å². The number of hydrogen-bond donors (Lipinski definition) is 2. The summed E-state index contributed by atoms with van der Waals surface area (Å²) in [6.07, 6.45) is -6.82. The van der Waals surface area contributed by atoms with E-state index in [9.17, 15) is 36.3 Å². The van der Waals surface area contributed by atoms with E-state index in [1.807, 2.05) is 0 Å². The van der Waals surface area contributed by atoms with Crippen molar-refractivity contribution in [3.05, 3.63) is 69.1 Å². The maximum absolute atomic E-state index is 14.2. The molecule has 0 aromatic heterocycles. The van der Waals surface area contributed by atoms with Gasteiger partial charge in [0.05, 0.1) is 18.6 Å². The first-order valence-electron chi connectivity index (χ1n) is 18.7. The molecule has 3 aliphatic rings. The van der Waals surface area contributed by atoms with Crippen molar-refractivity contribution in [3.8, 4) is 5.75 Å². The number of amidine groups is 1. The molecule has 14 heteroatoms. The lowest BCUT2D eigenvalue weighted by Gasteiger charge is -2.36. The number of halogens is 3. The molecule has 2 saturated heterocycles. The predicted molar refractivity (Wildman–Crippen MR) is 175 cm³/mol. The third-order valence-corrected chi connectivity index (χ3v) is 10.6. The van der Waals surface area contributed by atoms with E-state index in [4.69, 9.17) is 14.3 Å². The largest absolute Gasteiger partial charge is 0.490 e. The molecule has 0 aliphatic carbocycles. The van der Waals surface area contributed by atoms with Gasteiger partial charge in [0, 0.05) is 50.9 Å². The minimum absolute atomic E-state index is 0.109. The van der Waals surface area contributed by atoms with Gasteiger partial charge in [-0.3, -0.25) is 14.6 Å². The minimum Gasteiger partial charge on any atom is -0.490 e. The minimum atomic E-state index is -5.21. The number of carbonyl (C=O) groups excluding carboxylic acids is 2. The molecule has 5 rings (SSSR count). The van der Waals surface area contributed by atoms with Crippen LogP contribution in [0.1, 0.15) is 94.1 Å². The zero-order valence-electron chi connectivity index (χ0n) is 33.6. The van der Waals surface area contributed by atoms with Crippen LogP contribution in [-0.2, 0) is 21.0 Å². The Morgan fingerprint density at radius 2 is 1.73 bits per heavy atom. The Labute approximate surface area is 288 Å². The van der Waals surface area contributed by atoms with Crippen LogP contribution in [0.5, 0.6) is 5.75 Å². The molecular formula is C34H41F3N4O6S. The molecule has 2 N–H and O–H groups in total. The van der Waals surface area contributed by atoms with E-state index < -0.39 is 64.3 Å². The van der Waals surface area contributed by atoms with Crippen LogP contribution in [0, 0.1) is 13.8 Å². The summed E-state index contributed by atoms with van der Waals surface area (Å²) in [7, 11) is -4.02. The fourth-order valence-corrected chi connectivity index (χ4v) is 7.35. The van der Waals surface area contributed by atoms with Gasteiger partial charge in [-0.2, -0.15) is 17.5 Å². The summed E-state index contributed by atoms with van der Waals surface area (Å²) in [6.45, 7) is -1.57. The van der Waals surface area contributed by atoms with E-state index in [0.717, 1.165) is 15.8 Å². The number of aliphatic imine (C=N–C) groups is 1. The number of piperidine rings is 2. The standard InChI is InChI=1S/C34H41F3N4O6S/c1-21(2)47-28-7-6-24(20-27(28)34(35,36)37)29-38-31(43)33(39-29)11-15-41(16-12-33)48(45,46)17-8-26-22(3)18-25(19-23(26)4)30(42)40-13-9-32(5,44)10-14-40/h6-8,17-21,44H,9-16H2,1-5H3,(H,38,39,43)/b17-8+/i1D3,2D3,21D. The summed E-state index contributed by atoms with van der Waals surface area (Å²) >= 11 is 0. The number of alkyl halides is 3. The van der Waals surface area contributed by atoms with Crippen molar-refractivity contribution in [2.45, 2.75) is 83.6 Å². The highest BCUT2D eigenvalue weighted by Crippen LogP contribution is 2.39. The molecule has 2 fully saturated rings. The van der Waals surface area contributed by atoms with Gasteiger partial charge < -0.3 is 20.1 Å². The first kappa shape index (κ1) is 27.1. The summed E-state index contributed by atoms with van der Waals surface area (Å²) in [5.74, 6) is -2.36. The van der Waals surface area contributed by atoms with E-state index >= 15 is 0 Å². The second kappa shape index (κ2) is 12.9. The second-order valence-electron chi connectivity index (χ2n) is 12.6. The van der Waals surface area contributed by atoms with Crippen molar-refractivity contribution < 1.29 is 50.6 Å². The van der Waals surface area contributed by atoms with Crippen molar-refractivity contribution in [2.75, 3.05) is 26.2 Å². The smallest absolute Gasteiger partial charge is 0.419 e. The van der Waals surface area contributed by atoms with Crippen molar-refractivity contribution in [3.63, 3.8) is 0 Å². The van der Waals surface area contributed by atoms with Crippen molar-refractivity contribution >= 4 is 33.7 Å². The second-order valence-corrected chi connectivity index (χ2v) is 14.5. The van der Waals surface area contributed by atoms with E-state index in [0.29, 0.717) is 60.3 Å². The topological polar surface area (TPSA) is 129 Å². The van der Waals surface area contributed by atoms with Crippen molar-refractivity contribution in [1.29, 1.82) is 0 Å². The molecule has 260 valence electrons. The van der Waals surface area contributed by atoms with Gasteiger partial charge in [0.15, 0.2) is 0 Å². The van der Waals surface area contributed by atoms with Gasteiger partial charge in [0.1, 0.15) is 17.1 Å². The molecule has 10 nitrogen and oxygen atoms in total. The van der Waals surface area contributed by atoms with Crippen LogP contribution in [-0.4, -0.2) is 83.8 Å². The van der Waals surface area contributed by atoms with Crippen LogP contribution in [0.4, 0.5) is 13.2 Å². The SMILES string of the molecule is [2H]C([2H])([2H])C([2H])(Oc1ccc(C2=NC3(CCN(S(=O)(=O)/C=C/c4c(C)cc(C(=O)N5CCC(C)(O)CC5)cc4C)CC3)C(=O)N2)cc1C(F)(F)F)C([2H])([2H])[2H]. The number of hydrogen-bond acceptors (Lipinski definition) is 7. The normalized spacial score (nSPS) is 22.9. The summed E-state index contributed by atoms with van der Waals surface area (Å²) in [5.41, 5.74) is -1.82. The molecule has 2 amide bonds. The first-order chi connectivity index (χ1) is 25.1. The van der Waals surface area contributed by atoms with Crippen LogP contribution in [0.15, 0.2) is 40.7 Å². The molecule has 2 aromatic rings. The average Bonchev–Trinajstić information content (AvgIpc) is 3.37. The Morgan fingerprint density at radius 1 is 1.10 bits per heavy atom. The van der Waals surface area contributed by atoms with Gasteiger partial charge in [-0.25, -0.2) is 8.42 Å². The lowest BCUT2D eigenvalue weighted by molar-refractivity contribution is -0.139. The maximum Gasteiger partial charge on any atom is 0.419 e. The number of carbonyl (C=O) groups is 2. The number of aryl methyl sites for hydroxylation is 2. The predicted octanol–water partition coefficient (Wildman–Crippen LogP) is 4.81. The van der Waals surface area contributed by atoms with Gasteiger partial charge in [0.2, 0.25) is 10.0 Å². The molecule has 0 bridgehead atoms. The Balaban J connectivity index is 1.31. The third kappa shape index (κ3) is 7.45. The quantitative estimate of drug-likeness (QED) is 0.428. The molecule has 2 aromatic carbocycles. The number of aliphatic hydroxyl groups is 1. The first-order valence-corrected chi connectivity index (χ1v) is 16.7. The van der Waals surface area contributed by atoms with Crippen LogP contribution in [0.2, 0.25) is 0 Å². The highest BCUT2D eigenvalue weighted by molar-refractivity contribution is 7.92. The van der Waals surface area contributed by atoms with Crippen LogP contribution >= 0.6 is 0 Å². The Morgan fingerprint density at radius 3 is 2.31 bits per heavy atom. The molecule has 1 spiro atoms. The summed E-state index contributed by atoms with van der Waals surface area (Å²) in [5, 5.41) is 13.7. The van der Waals surface area contributed by atoms with Crippen LogP contribution < -0.4 is 10.1 Å². The zero-order chi connectivity index (χ0) is 41.2. The molecule has 0 saturated carbocycles. The Hall–Kier alpha value is -3.75. The molecule has 0 atom stereocenters. The van der Waals surface area contributed by atoms with E-state index in [-0.39, 0.29) is 43.2 Å². The van der Waals surface area contributed by atoms with E-state index in [1.54, 1.807) is 37.8 Å². The lowest BCUT2D eigenvalue weighted by atomic mass is 9.89. The molecule has 0 unspecified atom stereocenters. The maximum atomic E-state index is 14.2. The van der Waals surface area contributed by atoms with Gasteiger partial charge in [-0.15, -0.1) is 0 Å². The molecule has 3 heterocycles. The zero-order valence-corrected chi connectivity index (χ0v) is 27.4. The van der Waals surface area contributed by atoms with E-state index in [1.165, 1.54) is 6.08 Å². The number of nitrogens with one attached hydrogen (secondary N) is 1. The number of rotatable bonds is 7. The fourth-order valence-electron chi connectivity index (χ4n) is 6.18. The molecule has 0 radical (unpaired) electrons. The van der Waals surface area contributed by atoms with Gasteiger partial charge in [0.25, 0.3) is 11.8 Å². The molecule has 3 aliphatic heterocycles. The van der Waals surface area contributed by atoms with Gasteiger partial charge in [-0.1, -0.05) is 0 Å². The van der Waals surface area contributed by atoms with Gasteiger partial charge >= 0.3 is 6.18 Å². The van der Waals surface area contributed by atoms with Crippen LogP contribution in [0.3, 0.4) is 0 Å². The number of sulfonamides is 1. The number of amides is 2. The number of benzene rings is 2. The lowest BCUT2D eigenvalue weighted by Crippen LogP contribution is -2.50. The summed E-state index contributed by atoms with van der Waals surface area (Å²) in [6, 6.07) is 5.50. The van der Waals surface area contributed by atoms with Crippen molar-refractivity contribution in [2.24, 2.45) is 4.99 Å². The Kier molecular flexibility index (Phi) is 7.31. The fraction of sp³-hybridized carbons (Fsp3) is 0.500. The average molecular weight is 698 g/mol. The van der Waals surface area contributed by atoms with Crippen LogP contribution in [0.25, 0.3) is 6.08 Å². The molecule has 48 heavy (non-hydrogen) atoms. The number of ether oxygens (including phenoxy) is 1. The summed E-state index contributed by atoms with van der Waals surface area (Å²) in [4.78, 5) is 32.4. The third-order valence-electron chi connectivity index (χ3n) is 9.04. The highest BCUT2D eigenvalue weighted by Gasteiger charge is 2.47. The monoisotopic (exact) mass is 697 g/mol. The Bertz CT molecular complexity index is 2000. The summed E-state index contributed by atoms with van der Waals surface area (Å²) < 4.78 is 128. The number of nitrogens with zero attached hydrogens (tertiary/aromatic N) is 3. The highest BCUT2D eigenvalue weighted by atomic mass is 32.2.